The van der Waals surface area contributed by atoms with E-state index >= 15 is 0 Å². The first-order valence-electron chi connectivity index (χ1n) is 7.39. The Morgan fingerprint density at radius 3 is 2.52 bits per heavy atom. The highest BCUT2D eigenvalue weighted by molar-refractivity contribution is 7.13. The molecule has 0 atom stereocenters. The van der Waals surface area contributed by atoms with Crippen molar-refractivity contribution < 1.29 is 4.74 Å². The number of hydrogen-bond acceptors (Lipinski definition) is 4. The molecule has 0 spiro atoms. The van der Waals surface area contributed by atoms with Gasteiger partial charge >= 0.3 is 0 Å². The highest BCUT2D eigenvalue weighted by Crippen LogP contribution is 2.33. The van der Waals surface area contributed by atoms with Crippen LogP contribution in [-0.4, -0.2) is 11.6 Å². The summed E-state index contributed by atoms with van der Waals surface area (Å²) in [6.07, 6.45) is 0. The molecular weight excluding hydrogens is 328 g/mol. The van der Waals surface area contributed by atoms with Crippen molar-refractivity contribution in [1.82, 2.24) is 4.98 Å². The van der Waals surface area contributed by atoms with Crippen molar-refractivity contribution in [2.45, 2.75) is 13.5 Å². The van der Waals surface area contributed by atoms with Crippen LogP contribution in [0.3, 0.4) is 0 Å². The molecule has 0 unspecified atom stereocenters. The smallest absolute Gasteiger partial charge is 0.137 e. The topological polar surface area (TPSA) is 48.1 Å². The number of thiazole rings is 1. The van der Waals surface area contributed by atoms with E-state index in [2.05, 4.69) is 12.1 Å². The number of rotatable bonds is 5. The van der Waals surface area contributed by atoms with Crippen molar-refractivity contribution in [3.8, 4) is 27.6 Å². The molecule has 23 heavy (non-hydrogen) atoms. The zero-order chi connectivity index (χ0) is 16.2. The van der Waals surface area contributed by atoms with Crippen molar-refractivity contribution >= 4 is 22.9 Å². The second-order valence-electron chi connectivity index (χ2n) is 5.02. The van der Waals surface area contributed by atoms with Gasteiger partial charge in [0.25, 0.3) is 0 Å². The Labute approximate surface area is 144 Å². The predicted octanol–water partition coefficient (Wildman–Crippen LogP) is 4.99. The first-order valence-corrected chi connectivity index (χ1v) is 8.64. The SMILES string of the molecule is CCOc1ccc(-c2csc(-c3ccc(CN)cc3)n2)cc1Cl. The van der Waals surface area contributed by atoms with Gasteiger partial charge in [0.15, 0.2) is 0 Å². The van der Waals surface area contributed by atoms with Gasteiger partial charge in [0.1, 0.15) is 10.8 Å². The quantitative estimate of drug-likeness (QED) is 0.709. The van der Waals surface area contributed by atoms with E-state index in [0.29, 0.717) is 23.9 Å². The molecule has 118 valence electrons. The number of ether oxygens (including phenoxy) is 1. The van der Waals surface area contributed by atoms with Gasteiger partial charge in [0, 0.05) is 23.1 Å². The van der Waals surface area contributed by atoms with Crippen LogP contribution < -0.4 is 10.5 Å². The summed E-state index contributed by atoms with van der Waals surface area (Å²) in [7, 11) is 0. The number of aromatic nitrogens is 1. The minimum Gasteiger partial charge on any atom is -0.492 e. The molecule has 0 aliphatic heterocycles. The third-order valence-electron chi connectivity index (χ3n) is 3.47. The molecule has 1 heterocycles. The first kappa shape index (κ1) is 16.0. The molecule has 0 radical (unpaired) electrons. The summed E-state index contributed by atoms with van der Waals surface area (Å²) in [5.41, 5.74) is 9.74. The van der Waals surface area contributed by atoms with Gasteiger partial charge in [-0.1, -0.05) is 35.9 Å². The maximum Gasteiger partial charge on any atom is 0.137 e. The summed E-state index contributed by atoms with van der Waals surface area (Å²) in [6, 6.07) is 13.9. The molecule has 1 aromatic heterocycles. The number of halogens is 1. The molecule has 0 aliphatic carbocycles. The molecule has 2 N–H and O–H groups in total. The van der Waals surface area contributed by atoms with E-state index in [-0.39, 0.29) is 0 Å². The van der Waals surface area contributed by atoms with E-state index in [1.165, 1.54) is 0 Å². The lowest BCUT2D eigenvalue weighted by molar-refractivity contribution is 0.340. The fourth-order valence-electron chi connectivity index (χ4n) is 2.26. The number of benzene rings is 2. The summed E-state index contributed by atoms with van der Waals surface area (Å²) < 4.78 is 5.46. The molecule has 3 rings (SSSR count). The predicted molar refractivity (Wildman–Crippen MR) is 97.1 cm³/mol. The number of hydrogen-bond donors (Lipinski definition) is 1. The van der Waals surface area contributed by atoms with Crippen LogP contribution in [0.1, 0.15) is 12.5 Å². The van der Waals surface area contributed by atoms with Crippen LogP contribution in [0.4, 0.5) is 0 Å². The molecule has 0 amide bonds. The van der Waals surface area contributed by atoms with E-state index in [0.717, 1.165) is 27.4 Å². The minimum atomic E-state index is 0.550. The Morgan fingerprint density at radius 1 is 1.13 bits per heavy atom. The summed E-state index contributed by atoms with van der Waals surface area (Å²) in [4.78, 5) is 4.71. The highest BCUT2D eigenvalue weighted by atomic mass is 35.5. The Hall–Kier alpha value is -1.88. The van der Waals surface area contributed by atoms with E-state index in [1.807, 2.05) is 42.6 Å². The van der Waals surface area contributed by atoms with Crippen LogP contribution >= 0.6 is 22.9 Å². The Balaban J connectivity index is 1.87. The Kier molecular flexibility index (Phi) is 4.96. The molecule has 0 saturated heterocycles. The van der Waals surface area contributed by atoms with Gasteiger partial charge in [0.2, 0.25) is 0 Å². The van der Waals surface area contributed by atoms with Crippen LogP contribution in [0.5, 0.6) is 5.75 Å². The second kappa shape index (κ2) is 7.13. The Bertz CT molecular complexity index is 799. The fourth-order valence-corrected chi connectivity index (χ4v) is 3.33. The van der Waals surface area contributed by atoms with Crippen LogP contribution in [0, 0.1) is 0 Å². The molecule has 0 aliphatic rings. The van der Waals surface area contributed by atoms with Crippen molar-refractivity contribution in [2.24, 2.45) is 5.73 Å². The zero-order valence-corrected chi connectivity index (χ0v) is 14.3. The molecule has 3 aromatic rings. The largest absolute Gasteiger partial charge is 0.492 e. The van der Waals surface area contributed by atoms with Gasteiger partial charge in [-0.2, -0.15) is 0 Å². The standard InChI is InChI=1S/C18H17ClN2OS/c1-2-22-17-8-7-14(9-15(17)19)16-11-23-18(21-16)13-5-3-12(10-20)4-6-13/h3-9,11H,2,10,20H2,1H3. The van der Waals surface area contributed by atoms with Gasteiger partial charge in [-0.3, -0.25) is 0 Å². The molecule has 5 heteroatoms. The lowest BCUT2D eigenvalue weighted by atomic mass is 10.1. The van der Waals surface area contributed by atoms with Gasteiger partial charge in [-0.15, -0.1) is 11.3 Å². The van der Waals surface area contributed by atoms with Crippen molar-refractivity contribution in [2.75, 3.05) is 6.61 Å². The molecular formula is C18H17ClN2OS. The second-order valence-corrected chi connectivity index (χ2v) is 6.28. The molecule has 0 fully saturated rings. The van der Waals surface area contributed by atoms with Crippen molar-refractivity contribution in [3.05, 3.63) is 58.4 Å². The average Bonchev–Trinajstić information content (AvgIpc) is 3.07. The first-order chi connectivity index (χ1) is 11.2. The minimum absolute atomic E-state index is 0.550. The molecule has 2 aromatic carbocycles. The van der Waals surface area contributed by atoms with E-state index in [4.69, 9.17) is 27.1 Å². The van der Waals surface area contributed by atoms with Gasteiger partial charge in [0.05, 0.1) is 17.3 Å². The monoisotopic (exact) mass is 344 g/mol. The van der Waals surface area contributed by atoms with Gasteiger partial charge < -0.3 is 10.5 Å². The van der Waals surface area contributed by atoms with Crippen LogP contribution in [-0.2, 0) is 6.54 Å². The summed E-state index contributed by atoms with van der Waals surface area (Å²) in [5, 5.41) is 3.62. The fraction of sp³-hybridized carbons (Fsp3) is 0.167. The lowest BCUT2D eigenvalue weighted by Gasteiger charge is -2.06. The van der Waals surface area contributed by atoms with E-state index in [9.17, 15) is 0 Å². The van der Waals surface area contributed by atoms with Gasteiger partial charge in [-0.05, 0) is 30.7 Å². The van der Waals surface area contributed by atoms with Crippen LogP contribution in [0.25, 0.3) is 21.8 Å². The van der Waals surface area contributed by atoms with E-state index in [1.54, 1.807) is 11.3 Å². The highest BCUT2D eigenvalue weighted by Gasteiger charge is 2.09. The lowest BCUT2D eigenvalue weighted by Crippen LogP contribution is -1.95. The third-order valence-corrected chi connectivity index (χ3v) is 4.65. The van der Waals surface area contributed by atoms with E-state index < -0.39 is 0 Å². The van der Waals surface area contributed by atoms with Crippen molar-refractivity contribution in [1.29, 1.82) is 0 Å². The summed E-state index contributed by atoms with van der Waals surface area (Å²) in [6.45, 7) is 3.08. The van der Waals surface area contributed by atoms with Crippen molar-refractivity contribution in [3.63, 3.8) is 0 Å². The van der Waals surface area contributed by atoms with Crippen LogP contribution in [0.2, 0.25) is 5.02 Å². The summed E-state index contributed by atoms with van der Waals surface area (Å²) >= 11 is 7.87. The Morgan fingerprint density at radius 2 is 1.87 bits per heavy atom. The average molecular weight is 345 g/mol. The maximum absolute atomic E-state index is 6.25. The number of nitrogens with zero attached hydrogens (tertiary/aromatic N) is 1. The van der Waals surface area contributed by atoms with Gasteiger partial charge in [-0.25, -0.2) is 4.98 Å². The van der Waals surface area contributed by atoms with Crippen LogP contribution in [0.15, 0.2) is 47.8 Å². The maximum atomic E-state index is 6.25. The number of nitrogens with two attached hydrogens (primary N) is 1. The molecule has 0 saturated carbocycles. The zero-order valence-electron chi connectivity index (χ0n) is 12.8. The molecule has 0 bridgehead atoms. The molecule has 3 nitrogen and oxygen atoms in total. The summed E-state index contributed by atoms with van der Waals surface area (Å²) in [5.74, 6) is 0.700. The third kappa shape index (κ3) is 3.55. The normalized spacial score (nSPS) is 10.7.